The normalized spacial score (nSPS) is 22.7. The highest BCUT2D eigenvalue weighted by molar-refractivity contribution is 5.81. The number of fused-ring (bicyclic) bond motifs is 1. The van der Waals surface area contributed by atoms with Crippen molar-refractivity contribution in [3.05, 3.63) is 35.9 Å². The van der Waals surface area contributed by atoms with Crippen molar-refractivity contribution >= 4 is 16.7 Å². The van der Waals surface area contributed by atoms with Crippen molar-refractivity contribution in [1.29, 1.82) is 0 Å². The summed E-state index contributed by atoms with van der Waals surface area (Å²) in [5, 5.41) is 4.45. The van der Waals surface area contributed by atoms with E-state index in [9.17, 15) is 0 Å². The zero-order valence-corrected chi connectivity index (χ0v) is 13.0. The predicted octanol–water partition coefficient (Wildman–Crippen LogP) is 2.57. The molecule has 2 aromatic rings. The second-order valence-electron chi connectivity index (χ2n) is 5.86. The van der Waals surface area contributed by atoms with Gasteiger partial charge in [-0.2, -0.15) is 0 Å². The lowest BCUT2D eigenvalue weighted by Crippen LogP contribution is -2.46. The molecular formula is C17H23N3O. The maximum Gasteiger partial charge on any atom is 0.133 e. The van der Waals surface area contributed by atoms with Gasteiger partial charge in [-0.15, -0.1) is 0 Å². The minimum absolute atomic E-state index is 0.240. The number of hydrogen-bond donors (Lipinski definition) is 1. The van der Waals surface area contributed by atoms with E-state index in [-0.39, 0.29) is 12.2 Å². The predicted molar refractivity (Wildman–Crippen MR) is 86.7 cm³/mol. The lowest BCUT2D eigenvalue weighted by atomic mass is 10.1. The van der Waals surface area contributed by atoms with Crippen molar-refractivity contribution in [3.63, 3.8) is 0 Å². The van der Waals surface area contributed by atoms with Crippen LogP contribution in [0.25, 0.3) is 10.9 Å². The third-order valence-corrected chi connectivity index (χ3v) is 3.87. The first-order chi connectivity index (χ1) is 10.2. The number of ether oxygens (including phenoxy) is 1. The van der Waals surface area contributed by atoms with Gasteiger partial charge in [-0.3, -0.25) is 0 Å². The van der Waals surface area contributed by atoms with Crippen molar-refractivity contribution in [2.45, 2.75) is 32.6 Å². The van der Waals surface area contributed by atoms with Gasteiger partial charge in [0.25, 0.3) is 0 Å². The number of rotatable bonds is 3. The van der Waals surface area contributed by atoms with E-state index in [4.69, 9.17) is 9.72 Å². The summed E-state index contributed by atoms with van der Waals surface area (Å²) in [7, 11) is 1.98. The number of anilines is 1. The molecule has 1 aromatic heterocycles. The Labute approximate surface area is 126 Å². The summed E-state index contributed by atoms with van der Waals surface area (Å²) in [5.41, 5.74) is 2.30. The molecule has 2 heterocycles. The van der Waals surface area contributed by atoms with E-state index < -0.39 is 0 Å². The van der Waals surface area contributed by atoms with E-state index in [1.165, 1.54) is 10.9 Å². The molecule has 21 heavy (non-hydrogen) atoms. The molecule has 0 aliphatic carbocycles. The minimum Gasteiger partial charge on any atom is -0.372 e. The molecule has 0 saturated carbocycles. The average Bonchev–Trinajstić information content (AvgIpc) is 2.46. The standard InChI is InChI=1S/C17H23N3O/c1-12-10-20(11-13(2)21-12)17-15(9-18-3)8-14-6-4-5-7-16(14)19-17/h4-8,12-13,18H,9-11H2,1-3H3. The van der Waals surface area contributed by atoms with E-state index in [0.717, 1.165) is 31.0 Å². The Morgan fingerprint density at radius 3 is 2.67 bits per heavy atom. The molecule has 2 unspecified atom stereocenters. The Morgan fingerprint density at radius 1 is 1.24 bits per heavy atom. The van der Waals surface area contributed by atoms with Crippen LogP contribution >= 0.6 is 0 Å². The van der Waals surface area contributed by atoms with Crippen LogP contribution in [0, 0.1) is 0 Å². The van der Waals surface area contributed by atoms with Crippen LogP contribution in [0.15, 0.2) is 30.3 Å². The maximum absolute atomic E-state index is 5.84. The molecule has 1 fully saturated rings. The molecule has 1 aromatic carbocycles. The monoisotopic (exact) mass is 285 g/mol. The van der Waals surface area contributed by atoms with Gasteiger partial charge in [-0.25, -0.2) is 4.98 Å². The number of nitrogens with one attached hydrogen (secondary N) is 1. The first-order valence-corrected chi connectivity index (χ1v) is 7.61. The third kappa shape index (κ3) is 3.01. The highest BCUT2D eigenvalue weighted by atomic mass is 16.5. The largest absolute Gasteiger partial charge is 0.372 e. The molecule has 3 rings (SSSR count). The fourth-order valence-electron chi connectivity index (χ4n) is 3.09. The Kier molecular flexibility index (Phi) is 4.08. The summed E-state index contributed by atoms with van der Waals surface area (Å²) >= 11 is 0. The number of pyridine rings is 1. The van der Waals surface area contributed by atoms with Gasteiger partial charge in [0, 0.05) is 30.6 Å². The molecule has 0 bridgehead atoms. The number of aromatic nitrogens is 1. The minimum atomic E-state index is 0.240. The van der Waals surface area contributed by atoms with Crippen molar-refractivity contribution in [3.8, 4) is 0 Å². The second-order valence-corrected chi connectivity index (χ2v) is 5.86. The van der Waals surface area contributed by atoms with Gasteiger partial charge in [0.05, 0.1) is 17.7 Å². The van der Waals surface area contributed by atoms with Gasteiger partial charge in [-0.1, -0.05) is 18.2 Å². The molecule has 0 amide bonds. The Bertz CT molecular complexity index is 618. The van der Waals surface area contributed by atoms with Gasteiger partial charge >= 0.3 is 0 Å². The zero-order chi connectivity index (χ0) is 14.8. The first-order valence-electron chi connectivity index (χ1n) is 7.61. The number of para-hydroxylation sites is 1. The Hall–Kier alpha value is -1.65. The number of hydrogen-bond acceptors (Lipinski definition) is 4. The molecule has 0 radical (unpaired) electrons. The third-order valence-electron chi connectivity index (χ3n) is 3.87. The maximum atomic E-state index is 5.84. The summed E-state index contributed by atoms with van der Waals surface area (Å²) in [6.45, 7) is 6.87. The summed E-state index contributed by atoms with van der Waals surface area (Å²) in [4.78, 5) is 7.28. The van der Waals surface area contributed by atoms with E-state index in [1.54, 1.807) is 0 Å². The Morgan fingerprint density at radius 2 is 1.95 bits per heavy atom. The highest BCUT2D eigenvalue weighted by Crippen LogP contribution is 2.26. The van der Waals surface area contributed by atoms with E-state index in [1.807, 2.05) is 13.1 Å². The zero-order valence-electron chi connectivity index (χ0n) is 13.0. The molecule has 1 N–H and O–H groups in total. The van der Waals surface area contributed by atoms with Crippen LogP contribution in [0.3, 0.4) is 0 Å². The van der Waals surface area contributed by atoms with Crippen LogP contribution in [0.4, 0.5) is 5.82 Å². The summed E-state index contributed by atoms with van der Waals surface area (Å²) in [6, 6.07) is 10.6. The number of nitrogens with zero attached hydrogens (tertiary/aromatic N) is 2. The van der Waals surface area contributed by atoms with Crippen LogP contribution in [-0.2, 0) is 11.3 Å². The fraction of sp³-hybridized carbons (Fsp3) is 0.471. The smallest absolute Gasteiger partial charge is 0.133 e. The van der Waals surface area contributed by atoms with Gasteiger partial charge in [0.1, 0.15) is 5.82 Å². The van der Waals surface area contributed by atoms with Gasteiger partial charge in [0.15, 0.2) is 0 Å². The van der Waals surface area contributed by atoms with Crippen LogP contribution in [-0.4, -0.2) is 37.3 Å². The van der Waals surface area contributed by atoms with Crippen molar-refractivity contribution in [2.24, 2.45) is 0 Å². The summed E-state index contributed by atoms with van der Waals surface area (Å²) < 4.78 is 5.84. The summed E-state index contributed by atoms with van der Waals surface area (Å²) in [5.74, 6) is 1.09. The summed E-state index contributed by atoms with van der Waals surface area (Å²) in [6.07, 6.45) is 0.480. The highest BCUT2D eigenvalue weighted by Gasteiger charge is 2.25. The van der Waals surface area contributed by atoms with Gasteiger partial charge in [0.2, 0.25) is 0 Å². The molecule has 4 nitrogen and oxygen atoms in total. The second kappa shape index (κ2) is 6.00. The molecule has 4 heteroatoms. The fourth-order valence-corrected chi connectivity index (χ4v) is 3.09. The van der Waals surface area contributed by atoms with Crippen LogP contribution in [0.1, 0.15) is 19.4 Å². The quantitative estimate of drug-likeness (QED) is 0.940. The van der Waals surface area contributed by atoms with E-state index in [0.29, 0.717) is 0 Å². The Balaban J connectivity index is 2.04. The lowest BCUT2D eigenvalue weighted by molar-refractivity contribution is -0.00549. The van der Waals surface area contributed by atoms with Crippen LogP contribution in [0.2, 0.25) is 0 Å². The van der Waals surface area contributed by atoms with E-state index in [2.05, 4.69) is 48.3 Å². The SMILES string of the molecule is CNCc1cc2ccccc2nc1N1CC(C)OC(C)C1. The topological polar surface area (TPSA) is 37.4 Å². The molecular weight excluding hydrogens is 262 g/mol. The van der Waals surface area contributed by atoms with Crippen molar-refractivity contribution in [2.75, 3.05) is 25.0 Å². The van der Waals surface area contributed by atoms with Gasteiger partial charge < -0.3 is 15.0 Å². The van der Waals surface area contributed by atoms with E-state index >= 15 is 0 Å². The molecule has 1 aliphatic heterocycles. The molecule has 1 saturated heterocycles. The van der Waals surface area contributed by atoms with Gasteiger partial charge in [-0.05, 0) is 33.0 Å². The van der Waals surface area contributed by atoms with Crippen molar-refractivity contribution in [1.82, 2.24) is 10.3 Å². The molecule has 0 spiro atoms. The lowest BCUT2D eigenvalue weighted by Gasteiger charge is -2.37. The number of morpholine rings is 1. The first kappa shape index (κ1) is 14.3. The molecule has 2 atom stereocenters. The molecule has 1 aliphatic rings. The number of benzene rings is 1. The van der Waals surface area contributed by atoms with Crippen molar-refractivity contribution < 1.29 is 4.74 Å². The van der Waals surface area contributed by atoms with Crippen LogP contribution in [0.5, 0.6) is 0 Å². The average molecular weight is 285 g/mol. The molecule has 112 valence electrons. The van der Waals surface area contributed by atoms with Crippen LogP contribution < -0.4 is 10.2 Å².